The molecule has 0 fully saturated rings. The first-order valence-electron chi connectivity index (χ1n) is 5.10. The van der Waals surface area contributed by atoms with E-state index in [4.69, 9.17) is 5.11 Å². The van der Waals surface area contributed by atoms with Crippen molar-refractivity contribution in [2.24, 2.45) is 0 Å². The smallest absolute Gasteiger partial charge is 0.126 e. The van der Waals surface area contributed by atoms with Gasteiger partial charge in [-0.1, -0.05) is 12.1 Å². The number of aliphatic hydroxyl groups is 1. The molecule has 0 saturated carbocycles. The van der Waals surface area contributed by atoms with Crippen molar-refractivity contribution in [2.75, 3.05) is 13.7 Å². The number of benzene rings is 1. The zero-order chi connectivity index (χ0) is 11.5. The molecular formula is C12H18FNO. The molecule has 0 heterocycles. The highest BCUT2D eigenvalue weighted by Gasteiger charge is 2.24. The van der Waals surface area contributed by atoms with Crippen molar-refractivity contribution in [2.45, 2.75) is 25.8 Å². The number of rotatable bonds is 4. The first kappa shape index (κ1) is 12.1. The Morgan fingerprint density at radius 1 is 1.47 bits per heavy atom. The van der Waals surface area contributed by atoms with Crippen LogP contribution in [0.3, 0.4) is 0 Å². The van der Waals surface area contributed by atoms with Crippen LogP contribution < -0.4 is 5.32 Å². The van der Waals surface area contributed by atoms with Gasteiger partial charge >= 0.3 is 0 Å². The van der Waals surface area contributed by atoms with Crippen LogP contribution in [0.5, 0.6) is 0 Å². The van der Waals surface area contributed by atoms with Gasteiger partial charge in [0.05, 0.1) is 0 Å². The molecule has 1 aromatic carbocycles. The highest BCUT2D eigenvalue weighted by Crippen LogP contribution is 2.25. The Morgan fingerprint density at radius 2 is 2.13 bits per heavy atom. The summed E-state index contributed by atoms with van der Waals surface area (Å²) in [6.45, 7) is 3.77. The predicted molar refractivity (Wildman–Crippen MR) is 59.3 cm³/mol. The van der Waals surface area contributed by atoms with Crippen LogP contribution in [-0.2, 0) is 5.54 Å². The number of aliphatic hydroxyl groups excluding tert-OH is 1. The summed E-state index contributed by atoms with van der Waals surface area (Å²) < 4.78 is 13.4. The predicted octanol–water partition coefficient (Wildman–Crippen LogP) is 1.95. The van der Waals surface area contributed by atoms with Crippen LogP contribution in [0, 0.1) is 12.7 Å². The standard InChI is InChI=1S/C12H18FNO/c1-9-4-5-10(8-11(9)13)12(2,14-3)6-7-15/h4-5,8,14-15H,6-7H2,1-3H3. The van der Waals surface area contributed by atoms with Gasteiger partial charge < -0.3 is 10.4 Å². The van der Waals surface area contributed by atoms with E-state index in [1.807, 2.05) is 20.0 Å². The largest absolute Gasteiger partial charge is 0.396 e. The Hall–Kier alpha value is -0.930. The van der Waals surface area contributed by atoms with Crippen molar-refractivity contribution in [3.63, 3.8) is 0 Å². The van der Waals surface area contributed by atoms with Crippen LogP contribution >= 0.6 is 0 Å². The fraction of sp³-hybridized carbons (Fsp3) is 0.500. The fourth-order valence-electron chi connectivity index (χ4n) is 1.57. The molecule has 0 radical (unpaired) electrons. The molecule has 0 aliphatic carbocycles. The van der Waals surface area contributed by atoms with Crippen LogP contribution in [0.2, 0.25) is 0 Å². The van der Waals surface area contributed by atoms with Crippen molar-refractivity contribution in [3.05, 3.63) is 35.1 Å². The van der Waals surface area contributed by atoms with Gasteiger partial charge in [0, 0.05) is 12.1 Å². The summed E-state index contributed by atoms with van der Waals surface area (Å²) in [5.41, 5.74) is 1.13. The highest BCUT2D eigenvalue weighted by atomic mass is 19.1. The van der Waals surface area contributed by atoms with Gasteiger partial charge in [-0.2, -0.15) is 0 Å². The average molecular weight is 211 g/mol. The maximum absolute atomic E-state index is 13.4. The lowest BCUT2D eigenvalue weighted by molar-refractivity contribution is 0.228. The molecule has 0 saturated heterocycles. The summed E-state index contributed by atoms with van der Waals surface area (Å²) in [5.74, 6) is -0.202. The van der Waals surface area contributed by atoms with Crippen molar-refractivity contribution in [1.82, 2.24) is 5.32 Å². The number of nitrogens with one attached hydrogen (secondary N) is 1. The summed E-state index contributed by atoms with van der Waals surface area (Å²) in [5, 5.41) is 12.1. The number of hydrogen-bond acceptors (Lipinski definition) is 2. The monoisotopic (exact) mass is 211 g/mol. The minimum absolute atomic E-state index is 0.0762. The van der Waals surface area contributed by atoms with E-state index in [1.54, 1.807) is 13.0 Å². The fourth-order valence-corrected chi connectivity index (χ4v) is 1.57. The van der Waals surface area contributed by atoms with E-state index in [-0.39, 0.29) is 18.0 Å². The maximum atomic E-state index is 13.4. The third-order valence-electron chi connectivity index (χ3n) is 2.97. The van der Waals surface area contributed by atoms with E-state index >= 15 is 0 Å². The van der Waals surface area contributed by atoms with Crippen molar-refractivity contribution < 1.29 is 9.50 Å². The second-order valence-electron chi connectivity index (χ2n) is 4.02. The Labute approximate surface area is 90.1 Å². The molecular weight excluding hydrogens is 193 g/mol. The van der Waals surface area contributed by atoms with Crippen molar-refractivity contribution in [3.8, 4) is 0 Å². The molecule has 0 amide bonds. The molecule has 0 bridgehead atoms. The zero-order valence-electron chi connectivity index (χ0n) is 9.47. The van der Waals surface area contributed by atoms with Gasteiger partial charge in [0.1, 0.15) is 5.82 Å². The molecule has 2 nitrogen and oxygen atoms in total. The summed E-state index contributed by atoms with van der Waals surface area (Å²) in [6.07, 6.45) is 0.562. The van der Waals surface area contributed by atoms with Gasteiger partial charge in [0.15, 0.2) is 0 Å². The summed E-state index contributed by atoms with van der Waals surface area (Å²) in [6, 6.07) is 5.18. The molecule has 1 rings (SSSR count). The molecule has 0 aromatic heterocycles. The Morgan fingerprint density at radius 3 is 2.60 bits per heavy atom. The minimum atomic E-state index is -0.372. The molecule has 3 heteroatoms. The lowest BCUT2D eigenvalue weighted by Gasteiger charge is -2.29. The molecule has 0 spiro atoms. The van der Waals surface area contributed by atoms with Crippen LogP contribution in [0.25, 0.3) is 0 Å². The van der Waals surface area contributed by atoms with Crippen molar-refractivity contribution >= 4 is 0 Å². The summed E-state index contributed by atoms with van der Waals surface area (Å²) in [7, 11) is 1.81. The summed E-state index contributed by atoms with van der Waals surface area (Å²) >= 11 is 0. The van der Waals surface area contributed by atoms with Crippen LogP contribution in [0.1, 0.15) is 24.5 Å². The van der Waals surface area contributed by atoms with Crippen LogP contribution in [-0.4, -0.2) is 18.8 Å². The molecule has 0 aliphatic rings. The first-order chi connectivity index (χ1) is 7.03. The molecule has 1 atom stereocenters. The van der Waals surface area contributed by atoms with Gasteiger partial charge in [0.25, 0.3) is 0 Å². The van der Waals surface area contributed by atoms with E-state index in [0.29, 0.717) is 12.0 Å². The van der Waals surface area contributed by atoms with Gasteiger partial charge in [0.2, 0.25) is 0 Å². The van der Waals surface area contributed by atoms with E-state index < -0.39 is 0 Å². The average Bonchev–Trinajstić information content (AvgIpc) is 2.22. The first-order valence-corrected chi connectivity index (χ1v) is 5.10. The molecule has 2 N–H and O–H groups in total. The molecule has 1 aromatic rings. The van der Waals surface area contributed by atoms with E-state index in [1.165, 1.54) is 6.07 Å². The highest BCUT2D eigenvalue weighted by molar-refractivity contribution is 5.28. The van der Waals surface area contributed by atoms with Crippen LogP contribution in [0.15, 0.2) is 18.2 Å². The Bertz CT molecular complexity index is 340. The normalized spacial score (nSPS) is 15.0. The van der Waals surface area contributed by atoms with E-state index in [0.717, 1.165) is 5.56 Å². The third-order valence-corrected chi connectivity index (χ3v) is 2.97. The molecule has 0 aliphatic heterocycles. The number of halogens is 1. The lowest BCUT2D eigenvalue weighted by atomic mass is 9.88. The zero-order valence-corrected chi connectivity index (χ0v) is 9.47. The van der Waals surface area contributed by atoms with Crippen LogP contribution in [0.4, 0.5) is 4.39 Å². The molecule has 15 heavy (non-hydrogen) atoms. The van der Waals surface area contributed by atoms with E-state index in [2.05, 4.69) is 5.32 Å². The number of aryl methyl sites for hydroxylation is 1. The minimum Gasteiger partial charge on any atom is -0.396 e. The third kappa shape index (κ3) is 2.55. The molecule has 84 valence electrons. The Balaban J connectivity index is 3.07. The number of hydrogen-bond donors (Lipinski definition) is 2. The van der Waals surface area contributed by atoms with Crippen molar-refractivity contribution in [1.29, 1.82) is 0 Å². The SMILES string of the molecule is CNC(C)(CCO)c1ccc(C)c(F)c1. The second-order valence-corrected chi connectivity index (χ2v) is 4.02. The maximum Gasteiger partial charge on any atom is 0.126 e. The topological polar surface area (TPSA) is 32.3 Å². The van der Waals surface area contributed by atoms with Gasteiger partial charge in [-0.3, -0.25) is 0 Å². The van der Waals surface area contributed by atoms with Gasteiger partial charge in [-0.15, -0.1) is 0 Å². The summed E-state index contributed by atoms with van der Waals surface area (Å²) in [4.78, 5) is 0. The van der Waals surface area contributed by atoms with Gasteiger partial charge in [-0.05, 0) is 44.5 Å². The second kappa shape index (κ2) is 4.73. The van der Waals surface area contributed by atoms with E-state index in [9.17, 15) is 4.39 Å². The molecule has 1 unspecified atom stereocenters. The lowest BCUT2D eigenvalue weighted by Crippen LogP contribution is -2.37. The Kier molecular flexibility index (Phi) is 3.83. The quantitative estimate of drug-likeness (QED) is 0.798. The van der Waals surface area contributed by atoms with Gasteiger partial charge in [-0.25, -0.2) is 4.39 Å².